The van der Waals surface area contributed by atoms with Gasteiger partial charge in [-0.1, -0.05) is 0 Å². The average Bonchev–Trinajstić information content (AvgIpc) is 2.39. The van der Waals surface area contributed by atoms with Gasteiger partial charge < -0.3 is 40.1 Å². The van der Waals surface area contributed by atoms with Crippen molar-refractivity contribution < 1.29 is 44.9 Å². The van der Waals surface area contributed by atoms with E-state index in [1.807, 2.05) is 0 Å². The number of carbonyl (C=O) groups excluding carboxylic acids is 1. The number of hydrogen-bond acceptors (Lipinski definition) is 9. The fourth-order valence-electron chi connectivity index (χ4n) is 2.32. The van der Waals surface area contributed by atoms with E-state index in [9.17, 15) is 20.1 Å². The van der Waals surface area contributed by atoms with Gasteiger partial charge in [0.1, 0.15) is 24.4 Å². The largest absolute Gasteiger partial charge is 0.430 e. The lowest BCUT2D eigenvalue weighted by atomic mass is 9.89. The minimum atomic E-state index is -1.97. The second-order valence-corrected chi connectivity index (χ2v) is 5.04. The Kier molecular flexibility index (Phi) is 6.47. The van der Waals surface area contributed by atoms with E-state index in [0.717, 1.165) is 6.92 Å². The Morgan fingerprint density at radius 3 is 2.38 bits per heavy atom. The number of hydrogen-bond donors (Lipinski definition) is 6. The lowest BCUT2D eigenvalue weighted by molar-refractivity contribution is -0.353. The number of aliphatic hydroxyl groups excluding tert-OH is 5. The van der Waals surface area contributed by atoms with E-state index in [1.165, 1.54) is 0 Å². The molecular formula is C12H22O9. The fourth-order valence-corrected chi connectivity index (χ4v) is 2.32. The van der Waals surface area contributed by atoms with Gasteiger partial charge in [0.15, 0.2) is 6.29 Å². The normalized spacial score (nSPS) is 36.8. The molecular weight excluding hydrogens is 288 g/mol. The van der Waals surface area contributed by atoms with Gasteiger partial charge in [0, 0.05) is 13.3 Å². The summed E-state index contributed by atoms with van der Waals surface area (Å²) in [5, 5.41) is 56.4. The maximum atomic E-state index is 11.2. The predicted molar refractivity (Wildman–Crippen MR) is 66.6 cm³/mol. The summed E-state index contributed by atoms with van der Waals surface area (Å²) >= 11 is 0. The quantitative estimate of drug-likeness (QED) is 0.225. The molecule has 1 fully saturated rings. The van der Waals surface area contributed by atoms with Crippen molar-refractivity contribution in [2.45, 2.75) is 62.7 Å². The van der Waals surface area contributed by atoms with Crippen molar-refractivity contribution in [2.24, 2.45) is 0 Å². The highest BCUT2D eigenvalue weighted by Gasteiger charge is 2.55. The maximum absolute atomic E-state index is 11.2. The van der Waals surface area contributed by atoms with Crippen LogP contribution < -0.4 is 0 Å². The van der Waals surface area contributed by atoms with Gasteiger partial charge in [-0.3, -0.25) is 4.79 Å². The van der Waals surface area contributed by atoms with Crippen LogP contribution in [0.25, 0.3) is 0 Å². The molecule has 5 atom stereocenters. The smallest absolute Gasteiger partial charge is 0.305 e. The lowest BCUT2D eigenvalue weighted by Crippen LogP contribution is -2.66. The van der Waals surface area contributed by atoms with Crippen LogP contribution in [0.3, 0.4) is 0 Å². The van der Waals surface area contributed by atoms with Crippen molar-refractivity contribution in [1.29, 1.82) is 0 Å². The van der Waals surface area contributed by atoms with E-state index in [1.54, 1.807) is 0 Å². The first-order valence-corrected chi connectivity index (χ1v) is 6.62. The van der Waals surface area contributed by atoms with Crippen molar-refractivity contribution in [2.75, 3.05) is 6.61 Å². The second-order valence-electron chi connectivity index (χ2n) is 5.04. The van der Waals surface area contributed by atoms with Crippen LogP contribution in [-0.4, -0.2) is 79.7 Å². The molecule has 0 spiro atoms. The third-order valence-corrected chi connectivity index (χ3v) is 3.34. The highest BCUT2D eigenvalue weighted by Crippen LogP contribution is 2.35. The van der Waals surface area contributed by atoms with Crippen LogP contribution in [0.5, 0.6) is 0 Å². The molecule has 1 aliphatic heterocycles. The number of ether oxygens (including phenoxy) is 2. The van der Waals surface area contributed by atoms with E-state index in [4.69, 9.17) is 24.8 Å². The van der Waals surface area contributed by atoms with Gasteiger partial charge in [-0.25, -0.2) is 0 Å². The van der Waals surface area contributed by atoms with Crippen LogP contribution in [0.15, 0.2) is 0 Å². The molecule has 6 N–H and O–H groups in total. The van der Waals surface area contributed by atoms with Crippen LogP contribution in [0, 0.1) is 0 Å². The Hall–Kier alpha value is -0.810. The molecule has 124 valence electrons. The third kappa shape index (κ3) is 4.33. The van der Waals surface area contributed by atoms with E-state index >= 15 is 0 Å². The zero-order chi connectivity index (χ0) is 16.2. The number of carbonyl (C=O) groups is 1. The maximum Gasteiger partial charge on any atom is 0.305 e. The number of rotatable bonds is 6. The zero-order valence-electron chi connectivity index (χ0n) is 11.6. The molecule has 1 aliphatic rings. The molecule has 0 aromatic carbocycles. The summed E-state index contributed by atoms with van der Waals surface area (Å²) in [5.41, 5.74) is 0. The molecule has 9 heteroatoms. The molecule has 21 heavy (non-hydrogen) atoms. The second kappa shape index (κ2) is 7.45. The topological polar surface area (TPSA) is 157 Å². The Balaban J connectivity index is 2.94. The summed E-state index contributed by atoms with van der Waals surface area (Å²) in [6.45, 7) is 0.417. The Bertz CT molecular complexity index is 346. The zero-order valence-corrected chi connectivity index (χ0v) is 11.6. The molecule has 1 rings (SSSR count). The third-order valence-electron chi connectivity index (χ3n) is 3.34. The first kappa shape index (κ1) is 18.2. The molecule has 1 heterocycles. The molecule has 1 unspecified atom stereocenters. The molecule has 0 bridgehead atoms. The van der Waals surface area contributed by atoms with Crippen LogP contribution >= 0.6 is 0 Å². The minimum Gasteiger partial charge on any atom is -0.430 e. The monoisotopic (exact) mass is 310 g/mol. The summed E-state index contributed by atoms with van der Waals surface area (Å²) in [5.74, 6) is -2.76. The van der Waals surface area contributed by atoms with Gasteiger partial charge in [-0.15, -0.1) is 0 Å². The molecule has 0 aromatic rings. The molecule has 0 radical (unpaired) electrons. The average molecular weight is 310 g/mol. The molecule has 0 aliphatic carbocycles. The van der Waals surface area contributed by atoms with Crippen molar-refractivity contribution in [3.05, 3.63) is 0 Å². The number of aliphatic hydroxyl groups is 6. The molecule has 9 nitrogen and oxygen atoms in total. The number of esters is 1. The van der Waals surface area contributed by atoms with Crippen LogP contribution in [0.2, 0.25) is 0 Å². The minimum absolute atomic E-state index is 0.0679. The van der Waals surface area contributed by atoms with Gasteiger partial charge >= 0.3 is 5.97 Å². The van der Waals surface area contributed by atoms with Crippen LogP contribution in [0.4, 0.5) is 0 Å². The summed E-state index contributed by atoms with van der Waals surface area (Å²) in [6, 6.07) is 0. The Morgan fingerprint density at radius 2 is 1.90 bits per heavy atom. The summed E-state index contributed by atoms with van der Waals surface area (Å²) < 4.78 is 10.3. The lowest BCUT2D eigenvalue weighted by Gasteiger charge is -2.47. The molecule has 0 saturated carbocycles. The summed E-state index contributed by atoms with van der Waals surface area (Å²) in [4.78, 5) is 11.2. The van der Waals surface area contributed by atoms with Gasteiger partial charge in [-0.2, -0.15) is 0 Å². The van der Waals surface area contributed by atoms with Crippen molar-refractivity contribution >= 4 is 5.97 Å². The van der Waals surface area contributed by atoms with Crippen molar-refractivity contribution in [3.63, 3.8) is 0 Å². The van der Waals surface area contributed by atoms with Crippen molar-refractivity contribution in [1.82, 2.24) is 0 Å². The van der Waals surface area contributed by atoms with E-state index < -0.39 is 49.1 Å². The van der Waals surface area contributed by atoms with Gasteiger partial charge in [-0.05, 0) is 12.8 Å². The Morgan fingerprint density at radius 1 is 1.29 bits per heavy atom. The Labute approximate surface area is 121 Å². The fraction of sp³-hybridized carbons (Fsp3) is 0.917. The van der Waals surface area contributed by atoms with Crippen LogP contribution in [-0.2, 0) is 14.3 Å². The molecule has 0 aromatic heterocycles. The van der Waals surface area contributed by atoms with Gasteiger partial charge in [0.05, 0.1) is 6.61 Å². The van der Waals surface area contributed by atoms with Gasteiger partial charge in [0.25, 0.3) is 0 Å². The van der Waals surface area contributed by atoms with Gasteiger partial charge in [0.2, 0.25) is 5.79 Å². The summed E-state index contributed by atoms with van der Waals surface area (Å²) in [7, 11) is 0. The van der Waals surface area contributed by atoms with Crippen LogP contribution in [0.1, 0.15) is 26.2 Å². The summed E-state index contributed by atoms with van der Waals surface area (Å²) in [6.07, 6.45) is -7.91. The SMILES string of the molecule is CC(=O)OC1(CCCC(O)O)O[C@H](CO)[C@@H](O)[C@H](O)[C@H]1O. The predicted octanol–water partition coefficient (Wildman–Crippen LogP) is -2.80. The van der Waals surface area contributed by atoms with E-state index in [0.29, 0.717) is 0 Å². The first-order valence-electron chi connectivity index (χ1n) is 6.62. The van der Waals surface area contributed by atoms with E-state index in [2.05, 4.69) is 0 Å². The molecule has 0 amide bonds. The molecule has 1 saturated heterocycles. The highest BCUT2D eigenvalue weighted by atomic mass is 16.7. The standard InChI is InChI=1S/C12H22O9/c1-6(14)20-12(4-2-3-8(15)16)11(19)10(18)9(17)7(5-13)21-12/h7-11,13,15-19H,2-5H2,1H3/t7-,9-,10+,11-,12?/m1/s1. The van der Waals surface area contributed by atoms with E-state index in [-0.39, 0.29) is 19.3 Å². The van der Waals surface area contributed by atoms with Crippen molar-refractivity contribution in [3.8, 4) is 0 Å². The first-order chi connectivity index (χ1) is 9.73. The highest BCUT2D eigenvalue weighted by molar-refractivity contribution is 5.66.